The molecular weight excluding hydrogens is 327 g/mol. The van der Waals surface area contributed by atoms with Crippen molar-refractivity contribution in [2.75, 3.05) is 0 Å². The van der Waals surface area contributed by atoms with Crippen LogP contribution in [0.15, 0.2) is 22.7 Å². The monoisotopic (exact) mass is 346 g/mol. The van der Waals surface area contributed by atoms with E-state index in [1.165, 1.54) is 12.5 Å². The van der Waals surface area contributed by atoms with Gasteiger partial charge in [-0.25, -0.2) is 4.39 Å². The molecule has 0 bridgehead atoms. The lowest BCUT2D eigenvalue weighted by atomic mass is 9.74. The molecule has 1 aliphatic rings. The molecule has 1 fully saturated rings. The van der Waals surface area contributed by atoms with E-state index in [1.807, 2.05) is 6.07 Å². The molecular formula is C16H21BrClF. The molecule has 19 heavy (non-hydrogen) atoms. The van der Waals surface area contributed by atoms with E-state index in [9.17, 15) is 4.39 Å². The molecule has 0 spiro atoms. The van der Waals surface area contributed by atoms with Gasteiger partial charge in [0.05, 0.1) is 0 Å². The summed E-state index contributed by atoms with van der Waals surface area (Å²) < 4.78 is 14.8. The van der Waals surface area contributed by atoms with E-state index in [-0.39, 0.29) is 11.2 Å². The highest BCUT2D eigenvalue weighted by atomic mass is 79.9. The van der Waals surface area contributed by atoms with Crippen molar-refractivity contribution in [1.82, 2.24) is 0 Å². The molecule has 1 aromatic rings. The Hall–Kier alpha value is -0.0800. The van der Waals surface area contributed by atoms with Crippen LogP contribution in [0, 0.1) is 23.6 Å². The fourth-order valence-corrected chi connectivity index (χ4v) is 3.79. The van der Waals surface area contributed by atoms with E-state index in [0.717, 1.165) is 35.2 Å². The van der Waals surface area contributed by atoms with Gasteiger partial charge in [0, 0.05) is 9.85 Å². The largest absolute Gasteiger partial charge is 0.207 e. The predicted molar refractivity (Wildman–Crippen MR) is 83.1 cm³/mol. The van der Waals surface area contributed by atoms with Crippen molar-refractivity contribution in [2.45, 2.75) is 44.9 Å². The Labute approximate surface area is 128 Å². The fourth-order valence-electron chi connectivity index (χ4n) is 3.06. The van der Waals surface area contributed by atoms with Crippen LogP contribution >= 0.6 is 27.5 Å². The summed E-state index contributed by atoms with van der Waals surface area (Å²) in [6.45, 7) is 4.55. The molecule has 0 aromatic heterocycles. The van der Waals surface area contributed by atoms with Crippen LogP contribution in [0.1, 0.15) is 38.7 Å². The van der Waals surface area contributed by atoms with Crippen molar-refractivity contribution < 1.29 is 4.39 Å². The first-order chi connectivity index (χ1) is 8.97. The third-order valence-corrected chi connectivity index (χ3v) is 5.43. The minimum absolute atomic E-state index is 0.112. The molecule has 0 radical (unpaired) electrons. The molecule has 3 atom stereocenters. The van der Waals surface area contributed by atoms with Crippen LogP contribution < -0.4 is 0 Å². The summed E-state index contributed by atoms with van der Waals surface area (Å²) in [6, 6.07) is 5.16. The zero-order valence-electron chi connectivity index (χ0n) is 11.5. The van der Waals surface area contributed by atoms with Crippen LogP contribution in [0.25, 0.3) is 0 Å². The third-order valence-electron chi connectivity index (χ3n) is 4.36. The zero-order valence-corrected chi connectivity index (χ0v) is 13.8. The predicted octanol–water partition coefficient (Wildman–Crippen LogP) is 5.81. The maximum atomic E-state index is 13.8. The van der Waals surface area contributed by atoms with Crippen molar-refractivity contribution in [3.63, 3.8) is 0 Å². The molecule has 0 saturated heterocycles. The number of alkyl halides is 1. The Balaban J connectivity index is 2.09. The lowest BCUT2D eigenvalue weighted by molar-refractivity contribution is 0.217. The lowest BCUT2D eigenvalue weighted by Crippen LogP contribution is -2.29. The molecule has 3 heteroatoms. The third kappa shape index (κ3) is 3.95. The van der Waals surface area contributed by atoms with E-state index in [2.05, 4.69) is 29.8 Å². The normalized spacial score (nSPS) is 27.8. The van der Waals surface area contributed by atoms with Crippen LogP contribution in [0.3, 0.4) is 0 Å². The standard InChI is InChI=1S/C16H21BrClF/c1-10(2)11-3-5-15(18)12(7-11)8-13-9-14(17)4-6-16(13)19/h4,6,9-12,15H,3,5,7-8H2,1-2H3. The molecule has 0 amide bonds. The van der Waals surface area contributed by atoms with Crippen molar-refractivity contribution in [3.8, 4) is 0 Å². The molecule has 1 aromatic carbocycles. The molecule has 1 saturated carbocycles. The summed E-state index contributed by atoms with van der Waals surface area (Å²) in [5.74, 6) is 1.71. The highest BCUT2D eigenvalue weighted by Crippen LogP contribution is 2.38. The molecule has 0 nitrogen and oxygen atoms in total. The molecule has 106 valence electrons. The highest BCUT2D eigenvalue weighted by Gasteiger charge is 2.31. The molecule has 0 N–H and O–H groups in total. The number of benzene rings is 1. The maximum Gasteiger partial charge on any atom is 0.126 e. The summed E-state index contributed by atoms with van der Waals surface area (Å²) in [5, 5.41) is 0.188. The van der Waals surface area contributed by atoms with Crippen molar-refractivity contribution in [3.05, 3.63) is 34.1 Å². The summed E-state index contributed by atoms with van der Waals surface area (Å²) in [5.41, 5.74) is 0.787. The number of rotatable bonds is 3. The second-order valence-electron chi connectivity index (χ2n) is 6.03. The second kappa shape index (κ2) is 6.58. The van der Waals surface area contributed by atoms with Gasteiger partial charge in [-0.1, -0.05) is 29.8 Å². The molecule has 3 unspecified atom stereocenters. The lowest BCUT2D eigenvalue weighted by Gasteiger charge is -2.35. The summed E-state index contributed by atoms with van der Waals surface area (Å²) in [6.07, 6.45) is 4.15. The van der Waals surface area contributed by atoms with Crippen molar-refractivity contribution in [1.29, 1.82) is 0 Å². The first-order valence-electron chi connectivity index (χ1n) is 7.05. The molecule has 1 aliphatic carbocycles. The van der Waals surface area contributed by atoms with Gasteiger partial charge in [-0.05, 0) is 67.2 Å². The zero-order chi connectivity index (χ0) is 14.0. The maximum absolute atomic E-state index is 13.8. The Kier molecular flexibility index (Phi) is 5.30. The fraction of sp³-hybridized carbons (Fsp3) is 0.625. The molecule has 0 heterocycles. The van der Waals surface area contributed by atoms with Gasteiger partial charge in [-0.2, -0.15) is 0 Å². The van der Waals surface area contributed by atoms with Gasteiger partial charge in [0.2, 0.25) is 0 Å². The first-order valence-corrected chi connectivity index (χ1v) is 8.28. The highest BCUT2D eigenvalue weighted by molar-refractivity contribution is 9.10. The van der Waals surface area contributed by atoms with Gasteiger partial charge < -0.3 is 0 Å². The van der Waals surface area contributed by atoms with E-state index in [1.54, 1.807) is 6.07 Å². The Bertz CT molecular complexity index is 433. The van der Waals surface area contributed by atoms with E-state index in [0.29, 0.717) is 11.8 Å². The Morgan fingerprint density at radius 3 is 2.79 bits per heavy atom. The first kappa shape index (κ1) is 15.3. The van der Waals surface area contributed by atoms with Gasteiger partial charge >= 0.3 is 0 Å². The molecule has 2 rings (SSSR count). The van der Waals surface area contributed by atoms with Gasteiger partial charge in [0.25, 0.3) is 0 Å². The smallest absolute Gasteiger partial charge is 0.126 e. The average molecular weight is 348 g/mol. The Morgan fingerprint density at radius 2 is 2.11 bits per heavy atom. The number of hydrogen-bond donors (Lipinski definition) is 0. The second-order valence-corrected chi connectivity index (χ2v) is 7.51. The van der Waals surface area contributed by atoms with Gasteiger partial charge in [-0.3, -0.25) is 0 Å². The van der Waals surface area contributed by atoms with Crippen LogP contribution in [0.4, 0.5) is 4.39 Å². The topological polar surface area (TPSA) is 0 Å². The SMILES string of the molecule is CC(C)C1CCC(Cl)C(Cc2cc(Br)ccc2F)C1. The van der Waals surface area contributed by atoms with Crippen LogP contribution in [0.5, 0.6) is 0 Å². The van der Waals surface area contributed by atoms with Crippen molar-refractivity contribution in [2.24, 2.45) is 17.8 Å². The Morgan fingerprint density at radius 1 is 1.37 bits per heavy atom. The van der Waals surface area contributed by atoms with Gasteiger partial charge in [-0.15, -0.1) is 11.6 Å². The van der Waals surface area contributed by atoms with E-state index < -0.39 is 0 Å². The minimum Gasteiger partial charge on any atom is -0.207 e. The summed E-state index contributed by atoms with van der Waals surface area (Å²) in [7, 11) is 0. The number of halogens is 3. The summed E-state index contributed by atoms with van der Waals surface area (Å²) >= 11 is 9.87. The van der Waals surface area contributed by atoms with E-state index >= 15 is 0 Å². The summed E-state index contributed by atoms with van der Waals surface area (Å²) in [4.78, 5) is 0. The van der Waals surface area contributed by atoms with Crippen LogP contribution in [0.2, 0.25) is 0 Å². The van der Waals surface area contributed by atoms with Crippen molar-refractivity contribution >= 4 is 27.5 Å². The molecule has 0 aliphatic heterocycles. The van der Waals surface area contributed by atoms with Gasteiger partial charge in [0.15, 0.2) is 0 Å². The van der Waals surface area contributed by atoms with Crippen LogP contribution in [-0.4, -0.2) is 5.38 Å². The van der Waals surface area contributed by atoms with Crippen LogP contribution in [-0.2, 0) is 6.42 Å². The quantitative estimate of drug-likeness (QED) is 0.605. The van der Waals surface area contributed by atoms with Gasteiger partial charge in [0.1, 0.15) is 5.82 Å². The number of hydrogen-bond acceptors (Lipinski definition) is 0. The minimum atomic E-state index is -0.112. The van der Waals surface area contributed by atoms with E-state index in [4.69, 9.17) is 11.6 Å². The average Bonchev–Trinajstić information content (AvgIpc) is 2.36.